The highest BCUT2D eigenvalue weighted by Crippen LogP contribution is 2.47. The molecule has 2 atom stereocenters. The molecular weight excluding hydrogens is 296 g/mol. The van der Waals surface area contributed by atoms with Gasteiger partial charge in [-0.1, -0.05) is 11.6 Å². The van der Waals surface area contributed by atoms with Crippen LogP contribution in [0.4, 0.5) is 26.3 Å². The summed E-state index contributed by atoms with van der Waals surface area (Å²) < 4.78 is 76.6. The van der Waals surface area contributed by atoms with E-state index in [9.17, 15) is 26.3 Å². The Labute approximate surface area is 95.2 Å². The molecule has 0 aromatic rings. The molecule has 1 nitrogen and oxygen atoms in total. The molecule has 92 valence electrons. The number of hydrogen-bond donors (Lipinski definition) is 0. The van der Waals surface area contributed by atoms with Gasteiger partial charge in [0.2, 0.25) is 0 Å². The molecule has 0 N–H and O–H groups in total. The summed E-state index contributed by atoms with van der Waals surface area (Å²) in [5.74, 6) is 0. The summed E-state index contributed by atoms with van der Waals surface area (Å²) in [5, 5.41) is -13.3. The largest absolute Gasteiger partial charge is 0.438 e. The SMILES string of the molecule is CC(F)(Cl)C(F)(Cl)OC(F)(F)C(F)(F)Cl. The number of hydrogen-bond acceptors (Lipinski definition) is 1. The molecule has 0 aromatic carbocycles. The molecule has 0 aliphatic carbocycles. The monoisotopic (exact) mass is 298 g/mol. The molecule has 0 saturated heterocycles. The third kappa shape index (κ3) is 3.72. The molecule has 0 spiro atoms. The molecule has 0 radical (unpaired) electrons. The van der Waals surface area contributed by atoms with Crippen LogP contribution in [0.2, 0.25) is 0 Å². The summed E-state index contributed by atoms with van der Waals surface area (Å²) in [7, 11) is 0. The second-order valence-corrected chi connectivity index (χ2v) is 4.19. The minimum absolute atomic E-state index is 0.198. The Balaban J connectivity index is 4.89. The first-order chi connectivity index (χ1) is 6.21. The first-order valence-corrected chi connectivity index (χ1v) is 4.24. The van der Waals surface area contributed by atoms with Crippen LogP contribution in [0.15, 0.2) is 0 Å². The number of ether oxygens (including phenoxy) is 1. The maximum absolute atomic E-state index is 12.8. The molecule has 0 aliphatic heterocycles. The number of alkyl halides is 9. The van der Waals surface area contributed by atoms with Crippen LogP contribution in [0.25, 0.3) is 0 Å². The van der Waals surface area contributed by atoms with Crippen LogP contribution in [0.3, 0.4) is 0 Å². The van der Waals surface area contributed by atoms with Crippen molar-refractivity contribution >= 4 is 34.8 Å². The first-order valence-electron chi connectivity index (χ1n) is 3.11. The third-order valence-corrected chi connectivity index (χ3v) is 2.09. The molecule has 0 fully saturated rings. The van der Waals surface area contributed by atoms with Crippen LogP contribution < -0.4 is 0 Å². The van der Waals surface area contributed by atoms with E-state index >= 15 is 0 Å². The van der Waals surface area contributed by atoms with Gasteiger partial charge in [0.05, 0.1) is 0 Å². The number of halogens is 9. The lowest BCUT2D eigenvalue weighted by molar-refractivity contribution is -0.372. The maximum Gasteiger partial charge on any atom is 0.438 e. The highest BCUT2D eigenvalue weighted by Gasteiger charge is 2.65. The number of rotatable bonds is 4. The van der Waals surface area contributed by atoms with Crippen molar-refractivity contribution in [2.45, 2.75) is 28.9 Å². The van der Waals surface area contributed by atoms with E-state index in [0.29, 0.717) is 0 Å². The summed E-state index contributed by atoms with van der Waals surface area (Å²) in [6.45, 7) is 0.198. The standard InChI is InChI=1S/C5H3Cl3F6O/c1-2(6,9)4(8,12)15-5(13,14)3(7,10)11/h1H3. The van der Waals surface area contributed by atoms with E-state index in [2.05, 4.69) is 39.5 Å². The maximum atomic E-state index is 12.8. The van der Waals surface area contributed by atoms with Crippen molar-refractivity contribution in [3.05, 3.63) is 0 Å². The minimum Gasteiger partial charge on any atom is -0.260 e. The fourth-order valence-electron chi connectivity index (χ4n) is 0.308. The van der Waals surface area contributed by atoms with Gasteiger partial charge in [0.1, 0.15) is 0 Å². The van der Waals surface area contributed by atoms with E-state index in [1.807, 2.05) is 0 Å². The molecule has 0 bridgehead atoms. The van der Waals surface area contributed by atoms with E-state index in [0.717, 1.165) is 0 Å². The fourth-order valence-corrected chi connectivity index (χ4v) is 0.483. The summed E-state index contributed by atoms with van der Waals surface area (Å²) in [6.07, 6.45) is -5.52. The van der Waals surface area contributed by atoms with Crippen LogP contribution in [0.1, 0.15) is 6.92 Å². The van der Waals surface area contributed by atoms with Gasteiger partial charge in [0.15, 0.2) is 0 Å². The van der Waals surface area contributed by atoms with Gasteiger partial charge in [-0.15, -0.1) is 0 Å². The molecule has 0 aliphatic rings. The van der Waals surface area contributed by atoms with E-state index < -0.39 is 21.9 Å². The average Bonchev–Trinajstić information content (AvgIpc) is 1.77. The molecule has 15 heavy (non-hydrogen) atoms. The van der Waals surface area contributed by atoms with Gasteiger partial charge in [0.25, 0.3) is 5.13 Å². The molecule has 10 heteroatoms. The Morgan fingerprint density at radius 1 is 0.867 bits per heavy atom. The van der Waals surface area contributed by atoms with Gasteiger partial charge in [-0.05, 0) is 30.1 Å². The summed E-state index contributed by atoms with van der Waals surface area (Å²) in [6, 6.07) is 0. The molecule has 0 amide bonds. The smallest absolute Gasteiger partial charge is 0.260 e. The van der Waals surface area contributed by atoms with Gasteiger partial charge in [0, 0.05) is 0 Å². The Bertz CT molecular complexity index is 208. The van der Waals surface area contributed by atoms with Crippen molar-refractivity contribution in [3.8, 4) is 0 Å². The molecule has 2 unspecified atom stereocenters. The topological polar surface area (TPSA) is 9.23 Å². The molecule has 0 rings (SSSR count). The lowest BCUT2D eigenvalue weighted by atomic mass is 10.4. The predicted octanol–water partition coefficient (Wildman–Crippen LogP) is 4.21. The summed E-state index contributed by atoms with van der Waals surface area (Å²) >= 11 is 12.9. The van der Waals surface area contributed by atoms with E-state index in [1.54, 1.807) is 0 Å². The van der Waals surface area contributed by atoms with Crippen LogP contribution in [-0.2, 0) is 4.74 Å². The normalized spacial score (nSPS) is 22.0. The summed E-state index contributed by atoms with van der Waals surface area (Å²) in [5.41, 5.74) is 0. The lowest BCUT2D eigenvalue weighted by Crippen LogP contribution is -2.49. The van der Waals surface area contributed by atoms with Gasteiger partial charge >= 0.3 is 16.8 Å². The zero-order valence-electron chi connectivity index (χ0n) is 6.81. The zero-order valence-corrected chi connectivity index (χ0v) is 9.08. The van der Waals surface area contributed by atoms with Crippen LogP contribution in [0.5, 0.6) is 0 Å². The molecule has 0 saturated carbocycles. The highest BCUT2D eigenvalue weighted by atomic mass is 35.5. The Kier molecular flexibility index (Phi) is 4.12. The van der Waals surface area contributed by atoms with Gasteiger partial charge in [-0.2, -0.15) is 22.0 Å². The van der Waals surface area contributed by atoms with Crippen LogP contribution in [0, 0.1) is 0 Å². The lowest BCUT2D eigenvalue weighted by Gasteiger charge is -2.31. The second-order valence-electron chi connectivity index (χ2n) is 2.52. The Morgan fingerprint density at radius 3 is 1.40 bits per heavy atom. The van der Waals surface area contributed by atoms with E-state index in [-0.39, 0.29) is 6.92 Å². The van der Waals surface area contributed by atoms with Crippen molar-refractivity contribution in [3.63, 3.8) is 0 Å². The van der Waals surface area contributed by atoms with E-state index in [4.69, 9.17) is 0 Å². The van der Waals surface area contributed by atoms with Crippen molar-refractivity contribution in [1.82, 2.24) is 0 Å². The first kappa shape index (κ1) is 15.4. The van der Waals surface area contributed by atoms with E-state index in [1.165, 1.54) is 0 Å². The van der Waals surface area contributed by atoms with Gasteiger partial charge in [-0.25, -0.2) is 4.39 Å². The molecule has 0 aromatic heterocycles. The van der Waals surface area contributed by atoms with Crippen molar-refractivity contribution < 1.29 is 31.1 Å². The Morgan fingerprint density at radius 2 is 1.20 bits per heavy atom. The van der Waals surface area contributed by atoms with Crippen molar-refractivity contribution in [2.24, 2.45) is 0 Å². The van der Waals surface area contributed by atoms with Crippen molar-refractivity contribution in [1.29, 1.82) is 0 Å². The predicted molar refractivity (Wildman–Crippen MR) is 41.9 cm³/mol. The Hall–Kier alpha value is 0.410. The van der Waals surface area contributed by atoms with Gasteiger partial charge < -0.3 is 0 Å². The quantitative estimate of drug-likeness (QED) is 0.558. The molecular formula is C5H3Cl3F6O. The summed E-state index contributed by atoms with van der Waals surface area (Å²) in [4.78, 5) is 0. The van der Waals surface area contributed by atoms with Crippen LogP contribution >= 0.6 is 34.8 Å². The average molecular weight is 299 g/mol. The second kappa shape index (κ2) is 4.01. The third-order valence-electron chi connectivity index (χ3n) is 1.10. The van der Waals surface area contributed by atoms with Gasteiger partial charge in [-0.3, -0.25) is 4.74 Å². The fraction of sp³-hybridized carbons (Fsp3) is 1.00. The minimum atomic E-state index is -5.52. The molecule has 0 heterocycles. The van der Waals surface area contributed by atoms with Crippen molar-refractivity contribution in [2.75, 3.05) is 0 Å². The van der Waals surface area contributed by atoms with Crippen LogP contribution in [-0.4, -0.2) is 21.9 Å². The zero-order chi connectivity index (χ0) is 12.7. The highest BCUT2D eigenvalue weighted by molar-refractivity contribution is 6.32.